The summed E-state index contributed by atoms with van der Waals surface area (Å²) in [6.07, 6.45) is 0. The standard InChI is InChI=1S/C7H6BrFN2S/c1-10-7(12)5-3-2-4(9)6(8)11-5/h2-3H,1H3,(H,10,12). The predicted molar refractivity (Wildman–Crippen MR) is 52.7 cm³/mol. The summed E-state index contributed by atoms with van der Waals surface area (Å²) in [5.41, 5.74) is 0.556. The maximum Gasteiger partial charge on any atom is 0.156 e. The largest absolute Gasteiger partial charge is 0.378 e. The van der Waals surface area contributed by atoms with Crippen LogP contribution in [-0.2, 0) is 0 Å². The number of halogens is 2. The van der Waals surface area contributed by atoms with E-state index in [1.54, 1.807) is 7.05 Å². The van der Waals surface area contributed by atoms with Crippen LogP contribution in [0.2, 0.25) is 0 Å². The number of rotatable bonds is 1. The van der Waals surface area contributed by atoms with Crippen LogP contribution < -0.4 is 5.32 Å². The molecule has 0 atom stereocenters. The highest BCUT2D eigenvalue weighted by Gasteiger charge is 2.04. The van der Waals surface area contributed by atoms with Gasteiger partial charge in [-0.1, -0.05) is 12.2 Å². The van der Waals surface area contributed by atoms with Gasteiger partial charge in [0.1, 0.15) is 9.59 Å². The molecule has 5 heteroatoms. The van der Waals surface area contributed by atoms with Gasteiger partial charge in [-0.05, 0) is 28.1 Å². The van der Waals surface area contributed by atoms with Gasteiger partial charge in [0.25, 0.3) is 0 Å². The van der Waals surface area contributed by atoms with E-state index >= 15 is 0 Å². The summed E-state index contributed by atoms with van der Waals surface area (Å²) in [5, 5.41) is 2.75. The smallest absolute Gasteiger partial charge is 0.156 e. The first-order chi connectivity index (χ1) is 5.65. The lowest BCUT2D eigenvalue weighted by Crippen LogP contribution is -2.18. The Kier molecular flexibility index (Phi) is 3.11. The zero-order valence-electron chi connectivity index (χ0n) is 6.27. The molecule has 0 aromatic carbocycles. The molecule has 1 aromatic rings. The summed E-state index contributed by atoms with van der Waals surface area (Å²) in [4.78, 5) is 4.38. The van der Waals surface area contributed by atoms with Crippen molar-refractivity contribution in [2.75, 3.05) is 7.05 Å². The molecule has 1 N–H and O–H groups in total. The molecular formula is C7H6BrFN2S. The van der Waals surface area contributed by atoms with Crippen LogP contribution in [-0.4, -0.2) is 17.0 Å². The maximum atomic E-state index is 12.7. The van der Waals surface area contributed by atoms with Crippen LogP contribution in [0.5, 0.6) is 0 Å². The zero-order valence-corrected chi connectivity index (χ0v) is 8.67. The number of nitrogens with one attached hydrogen (secondary N) is 1. The summed E-state index contributed by atoms with van der Waals surface area (Å²) in [6.45, 7) is 0. The van der Waals surface area contributed by atoms with Crippen molar-refractivity contribution in [1.29, 1.82) is 0 Å². The Balaban J connectivity index is 3.05. The van der Waals surface area contributed by atoms with Gasteiger partial charge in [0, 0.05) is 7.05 Å². The van der Waals surface area contributed by atoms with Gasteiger partial charge in [-0.25, -0.2) is 9.37 Å². The SMILES string of the molecule is CNC(=S)c1ccc(F)c(Br)n1. The summed E-state index contributed by atoms with van der Waals surface area (Å²) >= 11 is 7.88. The van der Waals surface area contributed by atoms with E-state index in [0.29, 0.717) is 10.7 Å². The second-order valence-corrected chi connectivity index (χ2v) is 3.21. The number of pyridine rings is 1. The van der Waals surface area contributed by atoms with Gasteiger partial charge in [0.2, 0.25) is 0 Å². The molecule has 1 rings (SSSR count). The highest BCUT2D eigenvalue weighted by molar-refractivity contribution is 9.10. The molecule has 0 spiro atoms. The minimum atomic E-state index is -0.391. The van der Waals surface area contributed by atoms with Crippen LogP contribution in [0.1, 0.15) is 5.69 Å². The summed E-state index contributed by atoms with van der Waals surface area (Å²) in [7, 11) is 1.70. The third kappa shape index (κ3) is 1.98. The Hall–Kier alpha value is -0.550. The van der Waals surface area contributed by atoms with E-state index in [-0.39, 0.29) is 4.60 Å². The van der Waals surface area contributed by atoms with Crippen LogP contribution in [0.4, 0.5) is 4.39 Å². The molecular weight excluding hydrogens is 243 g/mol. The molecule has 0 aliphatic rings. The normalized spacial score (nSPS) is 9.58. The molecule has 0 radical (unpaired) electrons. The predicted octanol–water partition coefficient (Wildman–Crippen LogP) is 1.88. The van der Waals surface area contributed by atoms with Crippen LogP contribution in [0, 0.1) is 5.82 Å². The van der Waals surface area contributed by atoms with Crippen molar-refractivity contribution in [3.05, 3.63) is 28.2 Å². The molecule has 0 amide bonds. The van der Waals surface area contributed by atoms with E-state index in [0.717, 1.165) is 0 Å². The van der Waals surface area contributed by atoms with E-state index in [1.807, 2.05) is 0 Å². The molecule has 0 aliphatic carbocycles. The highest BCUT2D eigenvalue weighted by Crippen LogP contribution is 2.12. The van der Waals surface area contributed by atoms with Gasteiger partial charge in [0.05, 0.1) is 5.69 Å². The Morgan fingerprint density at radius 1 is 1.67 bits per heavy atom. The molecule has 2 nitrogen and oxygen atoms in total. The zero-order chi connectivity index (χ0) is 9.14. The van der Waals surface area contributed by atoms with E-state index in [9.17, 15) is 4.39 Å². The molecule has 0 saturated carbocycles. The monoisotopic (exact) mass is 248 g/mol. The Bertz CT molecular complexity index is 316. The van der Waals surface area contributed by atoms with Crippen molar-refractivity contribution in [3.8, 4) is 0 Å². The van der Waals surface area contributed by atoms with E-state index in [2.05, 4.69) is 26.2 Å². The van der Waals surface area contributed by atoms with Crippen LogP contribution in [0.25, 0.3) is 0 Å². The number of hydrogen-bond acceptors (Lipinski definition) is 2. The summed E-state index contributed by atoms with van der Waals surface area (Å²) in [5.74, 6) is -0.391. The lowest BCUT2D eigenvalue weighted by Gasteiger charge is -2.01. The first-order valence-electron chi connectivity index (χ1n) is 3.19. The molecule has 0 saturated heterocycles. The Labute approximate surface area is 83.3 Å². The molecule has 0 unspecified atom stereocenters. The highest BCUT2D eigenvalue weighted by atomic mass is 79.9. The molecule has 0 fully saturated rings. The van der Waals surface area contributed by atoms with Crippen LogP contribution in [0.15, 0.2) is 16.7 Å². The quantitative estimate of drug-likeness (QED) is 0.607. The molecule has 0 aliphatic heterocycles. The van der Waals surface area contributed by atoms with Gasteiger partial charge >= 0.3 is 0 Å². The average molecular weight is 249 g/mol. The van der Waals surface area contributed by atoms with E-state index in [1.165, 1.54) is 12.1 Å². The van der Waals surface area contributed by atoms with Gasteiger partial charge in [-0.15, -0.1) is 0 Å². The van der Waals surface area contributed by atoms with Gasteiger partial charge < -0.3 is 5.32 Å². The second-order valence-electron chi connectivity index (χ2n) is 2.05. The van der Waals surface area contributed by atoms with Crippen molar-refractivity contribution in [1.82, 2.24) is 10.3 Å². The third-order valence-electron chi connectivity index (χ3n) is 1.26. The van der Waals surface area contributed by atoms with Crippen molar-refractivity contribution < 1.29 is 4.39 Å². The molecule has 1 aromatic heterocycles. The number of hydrogen-bond donors (Lipinski definition) is 1. The van der Waals surface area contributed by atoms with Gasteiger partial charge in [-0.3, -0.25) is 0 Å². The Morgan fingerprint density at radius 2 is 2.33 bits per heavy atom. The summed E-state index contributed by atoms with van der Waals surface area (Å²) in [6, 6.07) is 2.84. The van der Waals surface area contributed by atoms with Gasteiger partial charge in [0.15, 0.2) is 5.82 Å². The fourth-order valence-electron chi connectivity index (χ4n) is 0.672. The average Bonchev–Trinajstić information content (AvgIpc) is 2.08. The van der Waals surface area contributed by atoms with Crippen molar-refractivity contribution in [3.63, 3.8) is 0 Å². The van der Waals surface area contributed by atoms with Crippen LogP contribution in [0.3, 0.4) is 0 Å². The first kappa shape index (κ1) is 9.54. The van der Waals surface area contributed by atoms with E-state index < -0.39 is 5.82 Å². The molecule has 12 heavy (non-hydrogen) atoms. The summed E-state index contributed by atoms with van der Waals surface area (Å²) < 4.78 is 12.9. The Morgan fingerprint density at radius 3 is 2.83 bits per heavy atom. The number of aromatic nitrogens is 1. The van der Waals surface area contributed by atoms with Crippen LogP contribution >= 0.6 is 28.1 Å². The van der Waals surface area contributed by atoms with E-state index in [4.69, 9.17) is 12.2 Å². The van der Waals surface area contributed by atoms with Crippen molar-refractivity contribution in [2.45, 2.75) is 0 Å². The van der Waals surface area contributed by atoms with Gasteiger partial charge in [-0.2, -0.15) is 0 Å². The number of nitrogens with zero attached hydrogens (tertiary/aromatic N) is 1. The molecule has 64 valence electrons. The maximum absolute atomic E-state index is 12.7. The fraction of sp³-hybridized carbons (Fsp3) is 0.143. The van der Waals surface area contributed by atoms with Crippen molar-refractivity contribution in [2.24, 2.45) is 0 Å². The third-order valence-corrected chi connectivity index (χ3v) is 2.23. The lowest BCUT2D eigenvalue weighted by molar-refractivity contribution is 0.612. The molecule has 0 bridgehead atoms. The second kappa shape index (κ2) is 3.91. The van der Waals surface area contributed by atoms with Crippen molar-refractivity contribution >= 4 is 33.1 Å². The molecule has 1 heterocycles. The first-order valence-corrected chi connectivity index (χ1v) is 4.39. The lowest BCUT2D eigenvalue weighted by atomic mass is 10.3. The number of thiocarbonyl (C=S) groups is 1. The minimum absolute atomic E-state index is 0.178. The topological polar surface area (TPSA) is 24.9 Å². The minimum Gasteiger partial charge on any atom is -0.378 e. The fourth-order valence-corrected chi connectivity index (χ4v) is 1.11.